The van der Waals surface area contributed by atoms with Crippen molar-refractivity contribution in [3.63, 3.8) is 0 Å². The van der Waals surface area contributed by atoms with Crippen molar-refractivity contribution < 1.29 is 0 Å². The largest absolute Gasteiger partial charge is 0.278 e. The highest BCUT2D eigenvalue weighted by atomic mass is 32.2. The molecule has 0 N–H and O–H groups in total. The van der Waals surface area contributed by atoms with Gasteiger partial charge in [-0.1, -0.05) is 72.4 Å². The fourth-order valence-corrected chi connectivity index (χ4v) is 3.01. The third-order valence-electron chi connectivity index (χ3n) is 3.31. The van der Waals surface area contributed by atoms with Crippen molar-refractivity contribution in [3.05, 3.63) is 78.4 Å². The Morgan fingerprint density at radius 1 is 0.857 bits per heavy atom. The molecule has 3 aromatic rings. The highest BCUT2D eigenvalue weighted by Crippen LogP contribution is 2.24. The van der Waals surface area contributed by atoms with Crippen LogP contribution >= 0.6 is 11.8 Å². The second-order valence-electron chi connectivity index (χ2n) is 4.93. The average molecular weight is 291 g/mol. The van der Waals surface area contributed by atoms with Crippen LogP contribution in [0.2, 0.25) is 0 Å². The van der Waals surface area contributed by atoms with Crippen molar-refractivity contribution in [1.82, 2.24) is 0 Å². The fraction of sp³-hybridized carbons (Fsp3) is 0.105. The van der Waals surface area contributed by atoms with Crippen LogP contribution in [0.3, 0.4) is 0 Å². The highest BCUT2D eigenvalue weighted by Gasteiger charge is 1.99. The molecule has 0 saturated heterocycles. The van der Waals surface area contributed by atoms with Crippen LogP contribution in [-0.2, 0) is 6.54 Å². The van der Waals surface area contributed by atoms with Gasteiger partial charge in [0.25, 0.3) is 0 Å². The highest BCUT2D eigenvalue weighted by molar-refractivity contribution is 8.13. The molecule has 0 aliphatic heterocycles. The number of aliphatic imine (C=N–C) groups is 1. The van der Waals surface area contributed by atoms with Crippen LogP contribution in [-0.4, -0.2) is 5.04 Å². The number of rotatable bonds is 3. The third-order valence-corrected chi connectivity index (χ3v) is 4.23. The first kappa shape index (κ1) is 13.9. The molecule has 0 unspecified atom stereocenters. The summed E-state index contributed by atoms with van der Waals surface area (Å²) in [6.07, 6.45) is 0. The smallest absolute Gasteiger partial charge is 0.0696 e. The molecule has 104 valence electrons. The monoisotopic (exact) mass is 291 g/mol. The van der Waals surface area contributed by atoms with Crippen LogP contribution in [0, 0.1) is 0 Å². The zero-order valence-electron chi connectivity index (χ0n) is 12.0. The van der Waals surface area contributed by atoms with E-state index < -0.39 is 0 Å². The standard InChI is InChI=1S/C19H17NS/c1-15(20-14-16-7-3-2-4-8-16)21-19-12-11-17-9-5-6-10-18(17)13-19/h2-13H,14H2,1H3. The van der Waals surface area contributed by atoms with Gasteiger partial charge in [0.2, 0.25) is 0 Å². The van der Waals surface area contributed by atoms with E-state index in [9.17, 15) is 0 Å². The molecule has 3 aromatic carbocycles. The van der Waals surface area contributed by atoms with Gasteiger partial charge in [-0.25, -0.2) is 0 Å². The molecule has 0 atom stereocenters. The molecule has 1 nitrogen and oxygen atoms in total. The van der Waals surface area contributed by atoms with Gasteiger partial charge in [-0.2, -0.15) is 0 Å². The van der Waals surface area contributed by atoms with E-state index in [2.05, 4.69) is 78.6 Å². The Morgan fingerprint density at radius 3 is 2.38 bits per heavy atom. The van der Waals surface area contributed by atoms with Gasteiger partial charge in [0.15, 0.2) is 0 Å². The lowest BCUT2D eigenvalue weighted by atomic mass is 10.1. The van der Waals surface area contributed by atoms with Crippen LogP contribution in [0.1, 0.15) is 12.5 Å². The molecule has 0 aromatic heterocycles. The Bertz CT molecular complexity index is 763. The molecule has 0 aliphatic rings. The summed E-state index contributed by atoms with van der Waals surface area (Å²) in [7, 11) is 0. The second-order valence-corrected chi connectivity index (χ2v) is 6.20. The summed E-state index contributed by atoms with van der Waals surface area (Å²) in [5.74, 6) is 0. The van der Waals surface area contributed by atoms with E-state index in [0.29, 0.717) is 0 Å². The Hall–Kier alpha value is -2.06. The Balaban J connectivity index is 1.72. The Kier molecular flexibility index (Phi) is 4.37. The quantitative estimate of drug-likeness (QED) is 0.350. The Morgan fingerprint density at radius 2 is 1.57 bits per heavy atom. The molecular weight excluding hydrogens is 274 g/mol. The molecule has 0 fully saturated rings. The summed E-state index contributed by atoms with van der Waals surface area (Å²) in [6.45, 7) is 2.82. The van der Waals surface area contributed by atoms with Gasteiger partial charge in [0, 0.05) is 4.90 Å². The van der Waals surface area contributed by atoms with Crippen molar-refractivity contribution >= 4 is 27.6 Å². The van der Waals surface area contributed by atoms with Crippen LogP contribution in [0.4, 0.5) is 0 Å². The summed E-state index contributed by atoms with van der Waals surface area (Å²) < 4.78 is 0. The van der Waals surface area contributed by atoms with E-state index in [1.165, 1.54) is 21.2 Å². The number of benzene rings is 3. The van der Waals surface area contributed by atoms with Crippen LogP contribution in [0.5, 0.6) is 0 Å². The number of hydrogen-bond acceptors (Lipinski definition) is 2. The topological polar surface area (TPSA) is 12.4 Å². The molecule has 21 heavy (non-hydrogen) atoms. The van der Waals surface area contributed by atoms with Crippen molar-refractivity contribution in [1.29, 1.82) is 0 Å². The maximum Gasteiger partial charge on any atom is 0.0696 e. The minimum absolute atomic E-state index is 0.743. The van der Waals surface area contributed by atoms with Crippen molar-refractivity contribution in [2.75, 3.05) is 0 Å². The number of thioether (sulfide) groups is 1. The molecule has 0 heterocycles. The van der Waals surface area contributed by atoms with E-state index in [-0.39, 0.29) is 0 Å². The van der Waals surface area contributed by atoms with E-state index in [1.807, 2.05) is 6.07 Å². The lowest BCUT2D eigenvalue weighted by Crippen LogP contribution is -1.88. The predicted molar refractivity (Wildman–Crippen MR) is 93.1 cm³/mol. The molecular formula is C19H17NS. The number of hydrogen-bond donors (Lipinski definition) is 0. The first-order valence-electron chi connectivity index (χ1n) is 7.03. The third kappa shape index (κ3) is 3.73. The second kappa shape index (κ2) is 6.59. The molecule has 0 aliphatic carbocycles. The van der Waals surface area contributed by atoms with Gasteiger partial charge in [-0.15, -0.1) is 0 Å². The average Bonchev–Trinajstić information content (AvgIpc) is 2.54. The van der Waals surface area contributed by atoms with Gasteiger partial charge in [0.1, 0.15) is 0 Å². The summed E-state index contributed by atoms with van der Waals surface area (Å²) in [6, 6.07) is 25.3. The number of nitrogens with zero attached hydrogens (tertiary/aromatic N) is 1. The van der Waals surface area contributed by atoms with E-state index in [4.69, 9.17) is 0 Å². The zero-order chi connectivity index (χ0) is 14.5. The summed E-state index contributed by atoms with van der Waals surface area (Å²) in [5, 5.41) is 3.65. The lowest BCUT2D eigenvalue weighted by Gasteiger charge is -2.04. The molecule has 0 amide bonds. The zero-order valence-corrected chi connectivity index (χ0v) is 12.8. The van der Waals surface area contributed by atoms with E-state index in [1.54, 1.807) is 11.8 Å². The fourth-order valence-electron chi connectivity index (χ4n) is 2.22. The minimum atomic E-state index is 0.743. The van der Waals surface area contributed by atoms with Crippen LogP contribution < -0.4 is 0 Å². The molecule has 0 saturated carbocycles. The van der Waals surface area contributed by atoms with Gasteiger partial charge >= 0.3 is 0 Å². The predicted octanol–water partition coefficient (Wildman–Crippen LogP) is 5.55. The normalized spacial score (nSPS) is 11.8. The van der Waals surface area contributed by atoms with E-state index in [0.717, 1.165) is 11.6 Å². The SMILES string of the molecule is CC(=NCc1ccccc1)Sc1ccc2ccccc2c1. The van der Waals surface area contributed by atoms with E-state index >= 15 is 0 Å². The maximum absolute atomic E-state index is 4.65. The van der Waals surface area contributed by atoms with Crippen LogP contribution in [0.15, 0.2) is 82.7 Å². The van der Waals surface area contributed by atoms with Gasteiger partial charge in [-0.3, -0.25) is 4.99 Å². The first-order chi connectivity index (χ1) is 10.3. The van der Waals surface area contributed by atoms with Gasteiger partial charge < -0.3 is 0 Å². The van der Waals surface area contributed by atoms with Crippen molar-refractivity contribution in [2.24, 2.45) is 4.99 Å². The van der Waals surface area contributed by atoms with Crippen LogP contribution in [0.25, 0.3) is 10.8 Å². The molecule has 3 rings (SSSR count). The molecule has 2 heteroatoms. The number of fused-ring (bicyclic) bond motifs is 1. The maximum atomic E-state index is 4.65. The van der Waals surface area contributed by atoms with Crippen molar-refractivity contribution in [2.45, 2.75) is 18.4 Å². The Labute approximate surface area is 129 Å². The summed E-state index contributed by atoms with van der Waals surface area (Å²) in [5.41, 5.74) is 1.25. The molecule has 0 spiro atoms. The lowest BCUT2D eigenvalue weighted by molar-refractivity contribution is 1.07. The summed E-state index contributed by atoms with van der Waals surface area (Å²) >= 11 is 1.73. The minimum Gasteiger partial charge on any atom is -0.278 e. The summed E-state index contributed by atoms with van der Waals surface area (Å²) in [4.78, 5) is 5.89. The molecule has 0 radical (unpaired) electrons. The van der Waals surface area contributed by atoms with Gasteiger partial charge in [0.05, 0.1) is 11.6 Å². The van der Waals surface area contributed by atoms with Crippen molar-refractivity contribution in [3.8, 4) is 0 Å². The molecule has 0 bridgehead atoms. The first-order valence-corrected chi connectivity index (χ1v) is 7.84. The van der Waals surface area contributed by atoms with Gasteiger partial charge in [-0.05, 0) is 35.4 Å².